The van der Waals surface area contributed by atoms with E-state index in [0.717, 1.165) is 12.1 Å². The highest BCUT2D eigenvalue weighted by Gasteiger charge is 2.55. The third-order valence-corrected chi connectivity index (χ3v) is 6.04. The Morgan fingerprint density at radius 1 is 1.32 bits per heavy atom. The molecular formula is C15H18F3NO5S. The summed E-state index contributed by atoms with van der Waals surface area (Å²) >= 11 is 0. The summed E-state index contributed by atoms with van der Waals surface area (Å²) in [4.78, 5) is -0.550. The topological polar surface area (TPSA) is 73.9 Å². The number of alkyl halides is 3. The maximum atomic E-state index is 12.6. The number of methoxy groups -OCH3 is 1. The minimum Gasteiger partial charge on any atom is -0.404 e. The molecule has 1 saturated heterocycles. The zero-order valence-electron chi connectivity index (χ0n) is 13.3. The van der Waals surface area contributed by atoms with Crippen LogP contribution in [0, 0.1) is 11.8 Å². The fourth-order valence-electron chi connectivity index (χ4n) is 3.52. The Labute approximate surface area is 143 Å². The lowest BCUT2D eigenvalue weighted by molar-refractivity contribution is -0.275. The molecule has 0 spiro atoms. The molecule has 1 N–H and O–H groups in total. The number of rotatable bonds is 6. The summed E-state index contributed by atoms with van der Waals surface area (Å²) in [6.07, 6.45) is -4.38. The maximum Gasteiger partial charge on any atom is 0.573 e. The van der Waals surface area contributed by atoms with Crippen molar-refractivity contribution in [3.63, 3.8) is 0 Å². The van der Waals surface area contributed by atoms with Crippen LogP contribution in [-0.2, 0) is 19.5 Å². The van der Waals surface area contributed by atoms with Gasteiger partial charge in [0.1, 0.15) is 10.6 Å². The highest BCUT2D eigenvalue weighted by atomic mass is 32.2. The Morgan fingerprint density at radius 3 is 2.72 bits per heavy atom. The van der Waals surface area contributed by atoms with E-state index in [1.54, 1.807) is 0 Å². The molecule has 0 radical (unpaired) electrons. The number of halogens is 3. The summed E-state index contributed by atoms with van der Waals surface area (Å²) in [6.45, 7) is 0.830. The van der Waals surface area contributed by atoms with Crippen LogP contribution in [0.25, 0.3) is 0 Å². The second-order valence-electron chi connectivity index (χ2n) is 6.05. The first-order chi connectivity index (χ1) is 11.7. The molecule has 1 aliphatic carbocycles. The number of nitrogens with one attached hydrogen (secondary N) is 1. The van der Waals surface area contributed by atoms with Crippen molar-refractivity contribution in [2.45, 2.75) is 29.8 Å². The second kappa shape index (κ2) is 6.75. The van der Waals surface area contributed by atoms with E-state index in [0.29, 0.717) is 19.6 Å². The van der Waals surface area contributed by atoms with E-state index in [2.05, 4.69) is 9.46 Å². The summed E-state index contributed by atoms with van der Waals surface area (Å²) in [7, 11) is -2.70. The van der Waals surface area contributed by atoms with Crippen LogP contribution in [0.15, 0.2) is 29.2 Å². The van der Waals surface area contributed by atoms with Gasteiger partial charge in [0, 0.05) is 31.6 Å². The van der Waals surface area contributed by atoms with E-state index in [1.165, 1.54) is 19.2 Å². The van der Waals surface area contributed by atoms with Gasteiger partial charge in [-0.25, -0.2) is 13.1 Å². The van der Waals surface area contributed by atoms with Crippen LogP contribution in [0.1, 0.15) is 6.42 Å². The largest absolute Gasteiger partial charge is 0.573 e. The SMILES string of the molecule is COC[C@H]1[C@@H](NS(=O)(=O)c2ccccc2OC(F)(F)F)[C@H]2CCO[C@H]21. The molecule has 1 aliphatic heterocycles. The molecule has 25 heavy (non-hydrogen) atoms. The van der Waals surface area contributed by atoms with E-state index in [9.17, 15) is 21.6 Å². The average Bonchev–Trinajstić information content (AvgIpc) is 2.94. The fourth-order valence-corrected chi connectivity index (χ4v) is 4.99. The van der Waals surface area contributed by atoms with Crippen molar-refractivity contribution in [3.8, 4) is 5.75 Å². The van der Waals surface area contributed by atoms with Gasteiger partial charge in [-0.1, -0.05) is 12.1 Å². The van der Waals surface area contributed by atoms with Crippen LogP contribution < -0.4 is 9.46 Å². The molecule has 1 heterocycles. The predicted octanol–water partition coefficient (Wildman–Crippen LogP) is 1.91. The monoisotopic (exact) mass is 381 g/mol. The Kier molecular flexibility index (Phi) is 4.97. The zero-order valence-corrected chi connectivity index (χ0v) is 14.1. The first-order valence-electron chi connectivity index (χ1n) is 7.70. The second-order valence-corrected chi connectivity index (χ2v) is 7.73. The number of benzene rings is 1. The average molecular weight is 381 g/mol. The van der Waals surface area contributed by atoms with E-state index < -0.39 is 33.1 Å². The molecule has 4 atom stereocenters. The molecule has 10 heteroatoms. The van der Waals surface area contributed by atoms with E-state index in [1.807, 2.05) is 0 Å². The van der Waals surface area contributed by atoms with Gasteiger partial charge in [0.15, 0.2) is 0 Å². The molecule has 1 aromatic carbocycles. The summed E-state index contributed by atoms with van der Waals surface area (Å²) in [5.41, 5.74) is 0. The van der Waals surface area contributed by atoms with Gasteiger partial charge >= 0.3 is 6.36 Å². The third kappa shape index (κ3) is 3.76. The third-order valence-electron chi connectivity index (χ3n) is 4.54. The van der Waals surface area contributed by atoms with Crippen LogP contribution in [0.5, 0.6) is 5.75 Å². The Morgan fingerprint density at radius 2 is 2.04 bits per heavy atom. The van der Waals surface area contributed by atoms with Crippen molar-refractivity contribution < 1.29 is 35.8 Å². The lowest BCUT2D eigenvalue weighted by Crippen LogP contribution is -2.62. The van der Waals surface area contributed by atoms with Crippen LogP contribution >= 0.6 is 0 Å². The molecule has 0 aromatic heterocycles. The van der Waals surface area contributed by atoms with Gasteiger partial charge in [-0.3, -0.25) is 0 Å². The maximum absolute atomic E-state index is 12.6. The molecule has 2 fully saturated rings. The molecule has 1 saturated carbocycles. The Hall–Kier alpha value is -1.36. The van der Waals surface area contributed by atoms with E-state index in [4.69, 9.17) is 9.47 Å². The van der Waals surface area contributed by atoms with E-state index >= 15 is 0 Å². The van der Waals surface area contributed by atoms with Crippen LogP contribution in [-0.4, -0.2) is 47.2 Å². The van der Waals surface area contributed by atoms with Crippen LogP contribution in [0.4, 0.5) is 13.2 Å². The van der Waals surface area contributed by atoms with Gasteiger partial charge in [0.05, 0.1) is 12.7 Å². The quantitative estimate of drug-likeness (QED) is 0.815. The molecular weight excluding hydrogens is 363 g/mol. The number of fused-ring (bicyclic) bond motifs is 1. The Balaban J connectivity index is 1.83. The summed E-state index contributed by atoms with van der Waals surface area (Å²) in [5, 5.41) is 0. The minimum absolute atomic E-state index is 0.00868. The van der Waals surface area contributed by atoms with Crippen molar-refractivity contribution in [1.82, 2.24) is 4.72 Å². The molecule has 140 valence electrons. The highest BCUT2D eigenvalue weighted by Crippen LogP contribution is 2.44. The van der Waals surface area contributed by atoms with Crippen molar-refractivity contribution in [2.75, 3.05) is 20.3 Å². The van der Waals surface area contributed by atoms with Crippen LogP contribution in [0.3, 0.4) is 0 Å². The van der Waals surface area contributed by atoms with Gasteiger partial charge in [0.25, 0.3) is 0 Å². The summed E-state index contributed by atoms with van der Waals surface area (Å²) < 4.78 is 79.9. The minimum atomic E-state index is -4.98. The van der Waals surface area contributed by atoms with Crippen molar-refractivity contribution in [3.05, 3.63) is 24.3 Å². The first kappa shape index (κ1) is 18.4. The Bertz CT molecular complexity index is 724. The molecule has 3 rings (SSSR count). The van der Waals surface area contributed by atoms with Crippen LogP contribution in [0.2, 0.25) is 0 Å². The van der Waals surface area contributed by atoms with Gasteiger partial charge in [0.2, 0.25) is 10.0 Å². The lowest BCUT2D eigenvalue weighted by Gasteiger charge is -2.47. The number of ether oxygens (including phenoxy) is 3. The normalized spacial score (nSPS) is 29.1. The standard InChI is InChI=1S/C15H18F3NO5S/c1-22-8-10-13(9-6-7-23-14(9)10)19-25(20,21)12-5-3-2-4-11(12)24-15(16,17)18/h2-5,9-10,13-14,19H,6-8H2,1H3/t9-,10+,13+,14-/m1/s1. The molecule has 1 aromatic rings. The summed E-state index contributed by atoms with van der Waals surface area (Å²) in [5.74, 6) is -0.946. The van der Waals surface area contributed by atoms with Gasteiger partial charge < -0.3 is 14.2 Å². The molecule has 2 aliphatic rings. The van der Waals surface area contributed by atoms with E-state index in [-0.39, 0.29) is 17.9 Å². The number of sulfonamides is 1. The molecule has 0 unspecified atom stereocenters. The smallest absolute Gasteiger partial charge is 0.404 e. The van der Waals surface area contributed by atoms with Gasteiger partial charge in [-0.15, -0.1) is 13.2 Å². The lowest BCUT2D eigenvalue weighted by atomic mass is 9.68. The summed E-state index contributed by atoms with van der Waals surface area (Å²) in [6, 6.07) is 4.22. The van der Waals surface area contributed by atoms with Gasteiger partial charge in [-0.05, 0) is 18.6 Å². The van der Waals surface area contributed by atoms with Crippen molar-refractivity contribution >= 4 is 10.0 Å². The fraction of sp³-hybridized carbons (Fsp3) is 0.600. The van der Waals surface area contributed by atoms with Crippen molar-refractivity contribution in [1.29, 1.82) is 0 Å². The number of hydrogen-bond acceptors (Lipinski definition) is 5. The number of hydrogen-bond donors (Lipinski definition) is 1. The molecule has 6 nitrogen and oxygen atoms in total. The molecule has 0 amide bonds. The number of para-hydroxylation sites is 1. The predicted molar refractivity (Wildman–Crippen MR) is 80.4 cm³/mol. The molecule has 0 bridgehead atoms. The first-order valence-corrected chi connectivity index (χ1v) is 9.19. The zero-order chi connectivity index (χ0) is 18.2. The van der Waals surface area contributed by atoms with Crippen molar-refractivity contribution in [2.24, 2.45) is 11.8 Å². The van der Waals surface area contributed by atoms with Gasteiger partial charge in [-0.2, -0.15) is 0 Å². The highest BCUT2D eigenvalue weighted by molar-refractivity contribution is 7.89.